The van der Waals surface area contributed by atoms with Crippen LogP contribution in [0.1, 0.15) is 48.0 Å². The van der Waals surface area contributed by atoms with Gasteiger partial charge in [-0.25, -0.2) is 0 Å². The van der Waals surface area contributed by atoms with Gasteiger partial charge in [-0.2, -0.15) is 0 Å². The molecule has 2 aliphatic rings. The van der Waals surface area contributed by atoms with Crippen LogP contribution in [-0.2, 0) is 6.42 Å². The topological polar surface area (TPSA) is 55.1 Å². The Kier molecular flexibility index (Phi) is 2.86. The first-order valence-corrected chi connectivity index (χ1v) is 6.84. The van der Waals surface area contributed by atoms with E-state index in [2.05, 4.69) is 5.32 Å². The van der Waals surface area contributed by atoms with Gasteiger partial charge in [0.15, 0.2) is 0 Å². The lowest BCUT2D eigenvalue weighted by Gasteiger charge is -2.27. The maximum absolute atomic E-state index is 12.2. The van der Waals surface area contributed by atoms with Crippen LogP contribution < -0.4 is 11.1 Å². The zero-order valence-corrected chi connectivity index (χ0v) is 10.6. The maximum Gasteiger partial charge on any atom is 0.251 e. The van der Waals surface area contributed by atoms with Crippen LogP contribution in [0.5, 0.6) is 0 Å². The van der Waals surface area contributed by atoms with Crippen molar-refractivity contribution in [2.24, 2.45) is 5.73 Å². The molecule has 96 valence electrons. The zero-order chi connectivity index (χ0) is 12.6. The van der Waals surface area contributed by atoms with Gasteiger partial charge in [-0.3, -0.25) is 4.79 Å². The first-order chi connectivity index (χ1) is 8.66. The molecule has 1 aromatic carbocycles. The number of rotatable bonds is 4. The maximum atomic E-state index is 12.2. The van der Waals surface area contributed by atoms with Crippen LogP contribution in [0.15, 0.2) is 24.3 Å². The third-order valence-electron chi connectivity index (χ3n) is 4.14. The number of hydrogen-bond donors (Lipinski definition) is 2. The number of carbonyl (C=O) groups excluding carboxylic acids is 1. The SMILES string of the molecule is NC1(Cc2ccccc2C(=O)NC2CCC2)CC1. The minimum Gasteiger partial charge on any atom is -0.349 e. The quantitative estimate of drug-likeness (QED) is 0.851. The fourth-order valence-electron chi connectivity index (χ4n) is 2.43. The van der Waals surface area contributed by atoms with E-state index in [0.29, 0.717) is 6.04 Å². The average molecular weight is 244 g/mol. The van der Waals surface area contributed by atoms with E-state index >= 15 is 0 Å². The van der Waals surface area contributed by atoms with Gasteiger partial charge in [0.05, 0.1) is 0 Å². The van der Waals surface area contributed by atoms with Crippen molar-refractivity contribution >= 4 is 5.91 Å². The summed E-state index contributed by atoms with van der Waals surface area (Å²) in [5, 5.41) is 3.10. The lowest BCUT2D eigenvalue weighted by atomic mass is 9.92. The van der Waals surface area contributed by atoms with Crippen LogP contribution in [0.4, 0.5) is 0 Å². The molecule has 0 atom stereocenters. The summed E-state index contributed by atoms with van der Waals surface area (Å²) in [6.45, 7) is 0. The Balaban J connectivity index is 1.74. The molecule has 0 unspecified atom stereocenters. The Morgan fingerprint density at radius 2 is 2.06 bits per heavy atom. The van der Waals surface area contributed by atoms with Crippen LogP contribution in [0.3, 0.4) is 0 Å². The summed E-state index contributed by atoms with van der Waals surface area (Å²) in [7, 11) is 0. The van der Waals surface area contributed by atoms with Crippen molar-refractivity contribution in [1.29, 1.82) is 0 Å². The lowest BCUT2D eigenvalue weighted by molar-refractivity contribution is 0.0916. The third-order valence-corrected chi connectivity index (χ3v) is 4.14. The highest BCUT2D eigenvalue weighted by Crippen LogP contribution is 2.36. The number of benzene rings is 1. The number of carbonyl (C=O) groups is 1. The van der Waals surface area contributed by atoms with Crippen LogP contribution in [0.2, 0.25) is 0 Å². The minimum absolute atomic E-state index is 0.0488. The number of nitrogens with two attached hydrogens (primary N) is 1. The van der Waals surface area contributed by atoms with Gasteiger partial charge >= 0.3 is 0 Å². The Morgan fingerprint density at radius 3 is 2.67 bits per heavy atom. The van der Waals surface area contributed by atoms with Crippen LogP contribution in [0.25, 0.3) is 0 Å². The van der Waals surface area contributed by atoms with Gasteiger partial charge in [-0.1, -0.05) is 18.2 Å². The van der Waals surface area contributed by atoms with Gasteiger partial charge in [-0.15, -0.1) is 0 Å². The molecule has 0 spiro atoms. The Morgan fingerprint density at radius 1 is 1.33 bits per heavy atom. The smallest absolute Gasteiger partial charge is 0.251 e. The van der Waals surface area contributed by atoms with Gasteiger partial charge in [0.2, 0.25) is 0 Å². The molecule has 2 aliphatic carbocycles. The molecule has 0 aliphatic heterocycles. The van der Waals surface area contributed by atoms with Crippen molar-refractivity contribution in [2.75, 3.05) is 0 Å². The van der Waals surface area contributed by atoms with Crippen LogP contribution in [-0.4, -0.2) is 17.5 Å². The zero-order valence-electron chi connectivity index (χ0n) is 10.6. The molecule has 3 heteroatoms. The van der Waals surface area contributed by atoms with E-state index in [0.717, 1.165) is 43.2 Å². The normalized spacial score (nSPS) is 21.2. The summed E-state index contributed by atoms with van der Waals surface area (Å²) in [4.78, 5) is 12.2. The summed E-state index contributed by atoms with van der Waals surface area (Å²) in [5.41, 5.74) is 8.00. The largest absolute Gasteiger partial charge is 0.349 e. The average Bonchev–Trinajstić information content (AvgIpc) is 3.02. The van der Waals surface area contributed by atoms with Crippen LogP contribution in [0, 0.1) is 0 Å². The first-order valence-electron chi connectivity index (χ1n) is 6.84. The molecule has 0 saturated heterocycles. The second-order valence-corrected chi connectivity index (χ2v) is 5.80. The van der Waals surface area contributed by atoms with Crippen molar-refractivity contribution in [3.8, 4) is 0 Å². The lowest BCUT2D eigenvalue weighted by Crippen LogP contribution is -2.40. The van der Waals surface area contributed by atoms with E-state index in [9.17, 15) is 4.79 Å². The monoisotopic (exact) mass is 244 g/mol. The summed E-state index contributed by atoms with van der Waals surface area (Å²) in [6, 6.07) is 8.24. The molecule has 3 nitrogen and oxygen atoms in total. The Labute approximate surface area is 108 Å². The van der Waals surface area contributed by atoms with Gasteiger partial charge in [0.1, 0.15) is 0 Å². The molecule has 1 amide bonds. The Bertz CT molecular complexity index is 461. The van der Waals surface area contributed by atoms with Gasteiger partial charge in [-0.05, 0) is 50.2 Å². The molecule has 0 radical (unpaired) electrons. The van der Waals surface area contributed by atoms with Gasteiger partial charge in [0, 0.05) is 17.1 Å². The summed E-state index contributed by atoms with van der Waals surface area (Å²) in [6.07, 6.45) is 6.44. The van der Waals surface area contributed by atoms with Crippen molar-refractivity contribution in [2.45, 2.75) is 50.1 Å². The standard InChI is InChI=1S/C15H20N2O/c16-15(8-9-15)10-11-4-1-2-7-13(11)14(18)17-12-5-3-6-12/h1-2,4,7,12H,3,5-6,8-10,16H2,(H,17,18). The van der Waals surface area contributed by atoms with E-state index in [-0.39, 0.29) is 11.4 Å². The number of hydrogen-bond acceptors (Lipinski definition) is 2. The fourth-order valence-corrected chi connectivity index (χ4v) is 2.43. The molecular formula is C15H20N2O. The molecule has 2 saturated carbocycles. The predicted octanol–water partition coefficient (Wildman–Crippen LogP) is 2.00. The summed E-state index contributed by atoms with van der Waals surface area (Å²) < 4.78 is 0. The van der Waals surface area contributed by atoms with E-state index in [1.165, 1.54) is 6.42 Å². The number of amides is 1. The third kappa shape index (κ3) is 2.41. The van der Waals surface area contributed by atoms with E-state index in [1.807, 2.05) is 24.3 Å². The van der Waals surface area contributed by atoms with Crippen molar-refractivity contribution in [3.63, 3.8) is 0 Å². The highest BCUT2D eigenvalue weighted by Gasteiger charge is 2.38. The molecule has 0 bridgehead atoms. The number of nitrogens with one attached hydrogen (secondary N) is 1. The molecule has 2 fully saturated rings. The molecule has 18 heavy (non-hydrogen) atoms. The molecule has 0 aromatic heterocycles. The second kappa shape index (κ2) is 4.39. The van der Waals surface area contributed by atoms with Crippen molar-refractivity contribution in [3.05, 3.63) is 35.4 Å². The first kappa shape index (κ1) is 11.7. The highest BCUT2D eigenvalue weighted by molar-refractivity contribution is 5.96. The van der Waals surface area contributed by atoms with Gasteiger partial charge < -0.3 is 11.1 Å². The summed E-state index contributed by atoms with van der Waals surface area (Å²) >= 11 is 0. The molecule has 0 heterocycles. The predicted molar refractivity (Wildman–Crippen MR) is 71.4 cm³/mol. The van der Waals surface area contributed by atoms with E-state index in [1.54, 1.807) is 0 Å². The summed E-state index contributed by atoms with van der Waals surface area (Å²) in [5.74, 6) is 0.0690. The highest BCUT2D eigenvalue weighted by atomic mass is 16.1. The molecule has 3 N–H and O–H groups in total. The molecule has 3 rings (SSSR count). The van der Waals surface area contributed by atoms with E-state index < -0.39 is 0 Å². The fraction of sp³-hybridized carbons (Fsp3) is 0.533. The van der Waals surface area contributed by atoms with E-state index in [4.69, 9.17) is 5.73 Å². The molecule has 1 aromatic rings. The van der Waals surface area contributed by atoms with Crippen molar-refractivity contribution in [1.82, 2.24) is 5.32 Å². The van der Waals surface area contributed by atoms with Crippen molar-refractivity contribution < 1.29 is 4.79 Å². The van der Waals surface area contributed by atoms with Crippen LogP contribution >= 0.6 is 0 Å². The minimum atomic E-state index is -0.0488. The van der Waals surface area contributed by atoms with Gasteiger partial charge in [0.25, 0.3) is 5.91 Å². The second-order valence-electron chi connectivity index (χ2n) is 5.80. The molecular weight excluding hydrogens is 224 g/mol. The Hall–Kier alpha value is -1.35.